The zero-order valence-corrected chi connectivity index (χ0v) is 11.0. The maximum Gasteiger partial charge on any atom is 0.183 e. The van der Waals surface area contributed by atoms with E-state index in [9.17, 15) is 0 Å². The zero-order chi connectivity index (χ0) is 11.6. The molecule has 1 rings (SSSR count). The highest BCUT2D eigenvalue weighted by molar-refractivity contribution is 5.77. The molecule has 0 N–H and O–H groups in total. The molecule has 16 heavy (non-hydrogen) atoms. The van der Waals surface area contributed by atoms with Crippen molar-refractivity contribution in [1.82, 2.24) is 0 Å². The zero-order valence-electron chi connectivity index (χ0n) is 11.0. The standard InChI is InChI=1S/C14H27NO/c1-3-4-5-6-7-8-9-10-11-14-15-13(2)12-16-14/h13H,3-12H2,1-2H3. The van der Waals surface area contributed by atoms with Gasteiger partial charge < -0.3 is 4.74 Å². The first kappa shape index (κ1) is 13.5. The molecular weight excluding hydrogens is 198 g/mol. The lowest BCUT2D eigenvalue weighted by Gasteiger charge is -2.02. The summed E-state index contributed by atoms with van der Waals surface area (Å²) >= 11 is 0. The highest BCUT2D eigenvalue weighted by Gasteiger charge is 2.12. The van der Waals surface area contributed by atoms with Crippen molar-refractivity contribution in [2.75, 3.05) is 6.61 Å². The third-order valence-corrected chi connectivity index (χ3v) is 3.10. The van der Waals surface area contributed by atoms with Crippen LogP contribution in [-0.4, -0.2) is 18.5 Å². The minimum Gasteiger partial charge on any atom is -0.479 e. The number of hydrogen-bond donors (Lipinski definition) is 0. The summed E-state index contributed by atoms with van der Waals surface area (Å²) in [5, 5.41) is 0. The molecule has 1 aliphatic rings. The number of nitrogens with zero attached hydrogens (tertiary/aromatic N) is 1. The largest absolute Gasteiger partial charge is 0.479 e. The quantitative estimate of drug-likeness (QED) is 0.535. The second-order valence-corrected chi connectivity index (χ2v) is 4.91. The molecule has 0 aliphatic carbocycles. The summed E-state index contributed by atoms with van der Waals surface area (Å²) in [6.45, 7) is 5.18. The van der Waals surface area contributed by atoms with Crippen molar-refractivity contribution in [2.45, 2.75) is 77.7 Å². The van der Waals surface area contributed by atoms with Gasteiger partial charge in [-0.1, -0.05) is 51.9 Å². The minimum absolute atomic E-state index is 0.393. The fourth-order valence-electron chi connectivity index (χ4n) is 2.08. The summed E-state index contributed by atoms with van der Waals surface area (Å²) in [4.78, 5) is 4.44. The van der Waals surface area contributed by atoms with E-state index in [2.05, 4.69) is 18.8 Å². The van der Waals surface area contributed by atoms with Gasteiger partial charge in [-0.3, -0.25) is 0 Å². The molecule has 1 heterocycles. The summed E-state index contributed by atoms with van der Waals surface area (Å²) in [6.07, 6.45) is 12.0. The summed E-state index contributed by atoms with van der Waals surface area (Å²) in [5.41, 5.74) is 0. The lowest BCUT2D eigenvalue weighted by atomic mass is 10.1. The molecule has 0 spiro atoms. The highest BCUT2D eigenvalue weighted by atomic mass is 16.5. The van der Waals surface area contributed by atoms with Crippen LogP contribution in [0.1, 0.15) is 71.6 Å². The van der Waals surface area contributed by atoms with Gasteiger partial charge in [0.25, 0.3) is 0 Å². The first-order valence-corrected chi connectivity index (χ1v) is 7.02. The Morgan fingerprint density at radius 2 is 1.69 bits per heavy atom. The predicted molar refractivity (Wildman–Crippen MR) is 70.1 cm³/mol. The molecule has 1 aliphatic heterocycles. The third-order valence-electron chi connectivity index (χ3n) is 3.10. The monoisotopic (exact) mass is 225 g/mol. The van der Waals surface area contributed by atoms with E-state index < -0.39 is 0 Å². The van der Waals surface area contributed by atoms with Gasteiger partial charge in [-0.2, -0.15) is 0 Å². The van der Waals surface area contributed by atoms with Gasteiger partial charge in [0.1, 0.15) is 6.61 Å². The van der Waals surface area contributed by atoms with E-state index in [1.165, 1.54) is 51.4 Å². The van der Waals surface area contributed by atoms with Gasteiger partial charge in [0, 0.05) is 6.42 Å². The van der Waals surface area contributed by atoms with Gasteiger partial charge in [0.15, 0.2) is 5.90 Å². The van der Waals surface area contributed by atoms with Gasteiger partial charge in [0.05, 0.1) is 6.04 Å². The molecule has 2 heteroatoms. The summed E-state index contributed by atoms with van der Waals surface area (Å²) in [5.74, 6) is 0.999. The average molecular weight is 225 g/mol. The van der Waals surface area contributed by atoms with Crippen LogP contribution in [0.15, 0.2) is 4.99 Å². The van der Waals surface area contributed by atoms with E-state index in [0.29, 0.717) is 6.04 Å². The van der Waals surface area contributed by atoms with Gasteiger partial charge in [-0.25, -0.2) is 4.99 Å². The average Bonchev–Trinajstić information content (AvgIpc) is 2.68. The molecule has 94 valence electrons. The number of aliphatic imine (C=N–C) groups is 1. The smallest absolute Gasteiger partial charge is 0.183 e. The summed E-state index contributed by atoms with van der Waals surface area (Å²) in [7, 11) is 0. The fraction of sp³-hybridized carbons (Fsp3) is 0.929. The number of hydrogen-bond acceptors (Lipinski definition) is 2. The SMILES string of the molecule is CCCCCCCCCCC1=NC(C)CO1. The van der Waals surface area contributed by atoms with Crippen LogP contribution < -0.4 is 0 Å². The van der Waals surface area contributed by atoms with E-state index in [0.717, 1.165) is 18.9 Å². The second kappa shape index (κ2) is 8.60. The molecular formula is C14H27NO. The molecule has 0 bridgehead atoms. The van der Waals surface area contributed by atoms with Crippen LogP contribution >= 0.6 is 0 Å². The first-order chi connectivity index (χ1) is 7.83. The maximum atomic E-state index is 5.47. The molecule has 0 radical (unpaired) electrons. The Hall–Kier alpha value is -0.530. The molecule has 0 aromatic rings. The van der Waals surface area contributed by atoms with Crippen molar-refractivity contribution < 1.29 is 4.74 Å². The van der Waals surface area contributed by atoms with Crippen LogP contribution in [-0.2, 0) is 4.74 Å². The van der Waals surface area contributed by atoms with Crippen LogP contribution in [0.3, 0.4) is 0 Å². The van der Waals surface area contributed by atoms with E-state index in [4.69, 9.17) is 4.74 Å². The van der Waals surface area contributed by atoms with Gasteiger partial charge >= 0.3 is 0 Å². The predicted octanol–water partition coefficient (Wildman–Crippen LogP) is 4.33. The van der Waals surface area contributed by atoms with Crippen molar-refractivity contribution >= 4 is 5.90 Å². The van der Waals surface area contributed by atoms with Crippen LogP contribution in [0.5, 0.6) is 0 Å². The van der Waals surface area contributed by atoms with Gasteiger partial charge in [0.2, 0.25) is 0 Å². The molecule has 2 nitrogen and oxygen atoms in total. The Bertz CT molecular complexity index is 201. The van der Waals surface area contributed by atoms with Crippen LogP contribution in [0.25, 0.3) is 0 Å². The Labute approximate surface area is 100 Å². The van der Waals surface area contributed by atoms with Gasteiger partial charge in [-0.05, 0) is 13.3 Å². The number of ether oxygens (including phenoxy) is 1. The fourth-order valence-corrected chi connectivity index (χ4v) is 2.08. The van der Waals surface area contributed by atoms with Crippen LogP contribution in [0.4, 0.5) is 0 Å². The minimum atomic E-state index is 0.393. The van der Waals surface area contributed by atoms with E-state index in [-0.39, 0.29) is 0 Å². The first-order valence-electron chi connectivity index (χ1n) is 7.02. The highest BCUT2D eigenvalue weighted by Crippen LogP contribution is 2.12. The summed E-state index contributed by atoms with van der Waals surface area (Å²) in [6, 6.07) is 0.393. The maximum absolute atomic E-state index is 5.47. The van der Waals surface area contributed by atoms with E-state index in [1.54, 1.807) is 0 Å². The molecule has 0 amide bonds. The lowest BCUT2D eigenvalue weighted by molar-refractivity contribution is 0.314. The van der Waals surface area contributed by atoms with Crippen molar-refractivity contribution in [3.8, 4) is 0 Å². The van der Waals surface area contributed by atoms with Crippen molar-refractivity contribution in [3.63, 3.8) is 0 Å². The van der Waals surface area contributed by atoms with Crippen molar-refractivity contribution in [1.29, 1.82) is 0 Å². The lowest BCUT2D eigenvalue weighted by Crippen LogP contribution is -2.00. The van der Waals surface area contributed by atoms with Crippen molar-refractivity contribution in [2.24, 2.45) is 4.99 Å². The molecule has 0 aromatic heterocycles. The molecule has 1 atom stereocenters. The number of unbranched alkanes of at least 4 members (excludes halogenated alkanes) is 7. The topological polar surface area (TPSA) is 21.6 Å². The number of rotatable bonds is 9. The normalized spacial score (nSPS) is 19.6. The van der Waals surface area contributed by atoms with Gasteiger partial charge in [-0.15, -0.1) is 0 Å². The molecule has 0 saturated carbocycles. The van der Waals surface area contributed by atoms with Crippen molar-refractivity contribution in [3.05, 3.63) is 0 Å². The Balaban J connectivity index is 1.83. The molecule has 1 unspecified atom stereocenters. The van der Waals surface area contributed by atoms with E-state index in [1.807, 2.05) is 0 Å². The molecule has 0 saturated heterocycles. The van der Waals surface area contributed by atoms with Crippen LogP contribution in [0, 0.1) is 0 Å². The second-order valence-electron chi connectivity index (χ2n) is 4.91. The molecule has 0 fully saturated rings. The van der Waals surface area contributed by atoms with Crippen LogP contribution in [0.2, 0.25) is 0 Å². The Morgan fingerprint density at radius 1 is 1.06 bits per heavy atom. The third kappa shape index (κ3) is 6.14. The Morgan fingerprint density at radius 3 is 2.25 bits per heavy atom. The molecule has 0 aromatic carbocycles. The van der Waals surface area contributed by atoms with E-state index >= 15 is 0 Å². The summed E-state index contributed by atoms with van der Waals surface area (Å²) < 4.78 is 5.47. The Kier molecular flexibility index (Phi) is 7.28.